The van der Waals surface area contributed by atoms with Crippen molar-refractivity contribution in [2.75, 3.05) is 13.2 Å². The number of hydrogen-bond donors (Lipinski definition) is 1. The maximum absolute atomic E-state index is 5.75. The van der Waals surface area contributed by atoms with Gasteiger partial charge in [-0.25, -0.2) is 0 Å². The molecule has 1 rings (SSSR count). The van der Waals surface area contributed by atoms with Crippen molar-refractivity contribution in [1.29, 1.82) is 0 Å². The molecule has 0 spiro atoms. The predicted octanol–water partition coefficient (Wildman–Crippen LogP) is 3.01. The molecule has 82 valence electrons. The lowest BCUT2D eigenvalue weighted by atomic mass is 10.3. The molecular weight excluding hydrogens is 210 g/mol. The molecule has 0 saturated heterocycles. The average molecular weight is 226 g/mol. The van der Waals surface area contributed by atoms with Crippen molar-refractivity contribution in [2.45, 2.75) is 12.8 Å². The van der Waals surface area contributed by atoms with Gasteiger partial charge in [-0.1, -0.05) is 23.8 Å². The molecule has 1 aromatic rings. The molecule has 0 aliphatic rings. The molecule has 15 heavy (non-hydrogen) atoms. The fourth-order valence-corrected chi connectivity index (χ4v) is 1.23. The van der Waals surface area contributed by atoms with Crippen molar-refractivity contribution in [2.24, 2.45) is 5.73 Å². The van der Waals surface area contributed by atoms with Gasteiger partial charge in [-0.3, -0.25) is 0 Å². The van der Waals surface area contributed by atoms with E-state index in [9.17, 15) is 0 Å². The van der Waals surface area contributed by atoms with Gasteiger partial charge in [0.25, 0.3) is 0 Å². The zero-order valence-corrected chi connectivity index (χ0v) is 9.41. The lowest BCUT2D eigenvalue weighted by molar-refractivity contribution is 0.325. The third kappa shape index (κ3) is 5.45. The molecule has 0 saturated carbocycles. The summed E-state index contributed by atoms with van der Waals surface area (Å²) in [7, 11) is 0. The fourth-order valence-electron chi connectivity index (χ4n) is 1.11. The Labute approximate surface area is 95.7 Å². The number of halogens is 1. The third-order valence-corrected chi connectivity index (χ3v) is 2.12. The molecule has 0 aromatic heterocycles. The first kappa shape index (κ1) is 12.1. The van der Waals surface area contributed by atoms with E-state index in [1.54, 1.807) is 0 Å². The summed E-state index contributed by atoms with van der Waals surface area (Å²) in [6.07, 6.45) is 6.00. The number of nitrogens with two attached hydrogens (primary N) is 1. The Bertz CT molecular complexity index is 295. The van der Waals surface area contributed by atoms with Gasteiger partial charge in [-0.2, -0.15) is 0 Å². The fraction of sp³-hybridized carbons (Fsp3) is 0.333. The molecular formula is C12H16ClNO. The minimum absolute atomic E-state index is 0.683. The summed E-state index contributed by atoms with van der Waals surface area (Å²) in [6, 6.07) is 7.38. The second kappa shape index (κ2) is 7.32. The second-order valence-corrected chi connectivity index (χ2v) is 3.58. The van der Waals surface area contributed by atoms with Crippen molar-refractivity contribution < 1.29 is 4.74 Å². The SMILES string of the molecule is NCC/C=C/CCOc1ccc(Cl)cc1. The highest BCUT2D eigenvalue weighted by atomic mass is 35.5. The standard InChI is InChI=1S/C12H16ClNO/c13-11-5-7-12(8-6-11)15-10-4-2-1-3-9-14/h1-2,5-8H,3-4,9-10,14H2/b2-1+. The smallest absolute Gasteiger partial charge is 0.119 e. The Hall–Kier alpha value is -0.990. The van der Waals surface area contributed by atoms with Crippen LogP contribution in [0.1, 0.15) is 12.8 Å². The van der Waals surface area contributed by atoms with Gasteiger partial charge >= 0.3 is 0 Å². The van der Waals surface area contributed by atoms with Gasteiger partial charge in [-0.15, -0.1) is 0 Å². The minimum atomic E-state index is 0.683. The van der Waals surface area contributed by atoms with Gasteiger partial charge < -0.3 is 10.5 Å². The van der Waals surface area contributed by atoms with Crippen LogP contribution in [0.2, 0.25) is 5.02 Å². The zero-order valence-electron chi connectivity index (χ0n) is 8.66. The summed E-state index contributed by atoms with van der Waals surface area (Å²) < 4.78 is 5.50. The van der Waals surface area contributed by atoms with Gasteiger partial charge in [0.15, 0.2) is 0 Å². The Kier molecular flexibility index (Phi) is 5.90. The summed E-state index contributed by atoms with van der Waals surface area (Å²) in [4.78, 5) is 0. The topological polar surface area (TPSA) is 35.2 Å². The number of hydrogen-bond acceptors (Lipinski definition) is 2. The monoisotopic (exact) mass is 225 g/mol. The molecule has 0 amide bonds. The predicted molar refractivity (Wildman–Crippen MR) is 64.4 cm³/mol. The van der Waals surface area contributed by atoms with E-state index >= 15 is 0 Å². The maximum atomic E-state index is 5.75. The molecule has 0 atom stereocenters. The van der Waals surface area contributed by atoms with E-state index in [-0.39, 0.29) is 0 Å². The summed E-state index contributed by atoms with van der Waals surface area (Å²) in [5, 5.41) is 0.727. The van der Waals surface area contributed by atoms with Crippen LogP contribution in [-0.2, 0) is 0 Å². The highest BCUT2D eigenvalue weighted by Gasteiger charge is 1.91. The molecule has 2 N–H and O–H groups in total. The Morgan fingerprint density at radius 3 is 2.47 bits per heavy atom. The first-order valence-corrected chi connectivity index (χ1v) is 5.44. The van der Waals surface area contributed by atoms with Crippen LogP contribution in [0.25, 0.3) is 0 Å². The van der Waals surface area contributed by atoms with Gasteiger partial charge in [0.05, 0.1) is 6.61 Å². The van der Waals surface area contributed by atoms with Gasteiger partial charge in [-0.05, 0) is 43.7 Å². The molecule has 0 bridgehead atoms. The van der Waals surface area contributed by atoms with E-state index in [1.165, 1.54) is 0 Å². The van der Waals surface area contributed by atoms with Crippen LogP contribution >= 0.6 is 11.6 Å². The van der Waals surface area contributed by atoms with Crippen LogP contribution in [0.3, 0.4) is 0 Å². The molecule has 0 unspecified atom stereocenters. The number of rotatable bonds is 6. The van der Waals surface area contributed by atoms with Crippen molar-refractivity contribution in [3.63, 3.8) is 0 Å². The van der Waals surface area contributed by atoms with Crippen LogP contribution in [0.5, 0.6) is 5.75 Å². The van der Waals surface area contributed by atoms with Crippen molar-refractivity contribution >= 4 is 11.6 Å². The van der Waals surface area contributed by atoms with Crippen LogP contribution in [-0.4, -0.2) is 13.2 Å². The average Bonchev–Trinajstić information content (AvgIpc) is 2.26. The summed E-state index contributed by atoms with van der Waals surface area (Å²) in [5.41, 5.74) is 5.35. The Morgan fingerprint density at radius 1 is 1.13 bits per heavy atom. The van der Waals surface area contributed by atoms with Crippen LogP contribution in [0.4, 0.5) is 0 Å². The lowest BCUT2D eigenvalue weighted by Crippen LogP contribution is -1.97. The lowest BCUT2D eigenvalue weighted by Gasteiger charge is -2.03. The maximum Gasteiger partial charge on any atom is 0.119 e. The Balaban J connectivity index is 2.17. The molecule has 0 heterocycles. The van der Waals surface area contributed by atoms with E-state index in [4.69, 9.17) is 22.1 Å². The van der Waals surface area contributed by atoms with Crippen molar-refractivity contribution in [1.82, 2.24) is 0 Å². The van der Waals surface area contributed by atoms with Crippen molar-refractivity contribution in [3.8, 4) is 5.75 Å². The highest BCUT2D eigenvalue weighted by molar-refractivity contribution is 6.30. The normalized spacial score (nSPS) is 10.8. The van der Waals surface area contributed by atoms with E-state index in [0.717, 1.165) is 23.6 Å². The van der Waals surface area contributed by atoms with E-state index < -0.39 is 0 Å². The Morgan fingerprint density at radius 2 is 1.80 bits per heavy atom. The summed E-state index contributed by atoms with van der Waals surface area (Å²) in [5.74, 6) is 0.853. The van der Waals surface area contributed by atoms with Crippen LogP contribution in [0.15, 0.2) is 36.4 Å². The largest absolute Gasteiger partial charge is 0.493 e. The molecule has 1 aromatic carbocycles. The zero-order chi connectivity index (χ0) is 10.9. The molecule has 0 aliphatic heterocycles. The van der Waals surface area contributed by atoms with E-state index in [0.29, 0.717) is 13.2 Å². The van der Waals surface area contributed by atoms with E-state index in [2.05, 4.69) is 12.2 Å². The summed E-state index contributed by atoms with van der Waals surface area (Å²) >= 11 is 5.75. The molecule has 3 heteroatoms. The van der Waals surface area contributed by atoms with E-state index in [1.807, 2.05) is 24.3 Å². The molecule has 2 nitrogen and oxygen atoms in total. The number of ether oxygens (including phenoxy) is 1. The molecule has 0 radical (unpaired) electrons. The van der Waals surface area contributed by atoms with Crippen LogP contribution in [0, 0.1) is 0 Å². The first-order chi connectivity index (χ1) is 7.33. The van der Waals surface area contributed by atoms with Crippen molar-refractivity contribution in [3.05, 3.63) is 41.4 Å². The van der Waals surface area contributed by atoms with Gasteiger partial charge in [0.2, 0.25) is 0 Å². The second-order valence-electron chi connectivity index (χ2n) is 3.14. The number of benzene rings is 1. The quantitative estimate of drug-likeness (QED) is 0.597. The summed E-state index contributed by atoms with van der Waals surface area (Å²) in [6.45, 7) is 1.39. The van der Waals surface area contributed by atoms with Crippen LogP contribution < -0.4 is 10.5 Å². The molecule has 0 aliphatic carbocycles. The molecule has 0 fully saturated rings. The highest BCUT2D eigenvalue weighted by Crippen LogP contribution is 2.15. The first-order valence-electron chi connectivity index (χ1n) is 5.06. The minimum Gasteiger partial charge on any atom is -0.493 e. The van der Waals surface area contributed by atoms with Gasteiger partial charge in [0, 0.05) is 5.02 Å². The van der Waals surface area contributed by atoms with Gasteiger partial charge in [0.1, 0.15) is 5.75 Å². The third-order valence-electron chi connectivity index (χ3n) is 1.87.